The molecule has 9 nitrogen and oxygen atoms in total. The van der Waals surface area contributed by atoms with Crippen LogP contribution in [0.4, 0.5) is 0 Å². The standard InChI is InChI=1S/C22H25N3O6S/c1-2-25-20-8-7-18(32(28,29)24-9-11-30-12-10-24)13-19(20)23-21(25)15-31-22(27)17-5-3-16(14-26)4-6-17/h3-8,13,26H,2,9-12,14-15H2,1H3. The van der Waals surface area contributed by atoms with Gasteiger partial charge in [0.05, 0.1) is 41.3 Å². The summed E-state index contributed by atoms with van der Waals surface area (Å²) < 4.78 is 39.9. The van der Waals surface area contributed by atoms with Gasteiger partial charge in [-0.1, -0.05) is 12.1 Å². The first-order chi connectivity index (χ1) is 15.4. The molecule has 1 N–H and O–H groups in total. The molecule has 1 aliphatic heterocycles. The summed E-state index contributed by atoms with van der Waals surface area (Å²) in [6.45, 7) is 3.79. The maximum atomic E-state index is 13.0. The van der Waals surface area contributed by atoms with Crippen molar-refractivity contribution < 1.29 is 27.8 Å². The maximum Gasteiger partial charge on any atom is 0.338 e. The number of esters is 1. The largest absolute Gasteiger partial charge is 0.454 e. The second-order valence-corrected chi connectivity index (χ2v) is 9.31. The number of imidazole rings is 1. The SMILES string of the molecule is CCn1c(COC(=O)c2ccc(CO)cc2)nc2cc(S(=O)(=O)N3CCOCC3)ccc21. The van der Waals surface area contributed by atoms with Crippen LogP contribution in [0.3, 0.4) is 0 Å². The first-order valence-corrected chi connectivity index (χ1v) is 11.8. The van der Waals surface area contributed by atoms with Gasteiger partial charge in [-0.25, -0.2) is 18.2 Å². The molecule has 0 atom stereocenters. The number of sulfonamides is 1. The number of nitrogens with zero attached hydrogens (tertiary/aromatic N) is 3. The van der Waals surface area contributed by atoms with Gasteiger partial charge in [-0.05, 0) is 42.8 Å². The maximum absolute atomic E-state index is 13.0. The lowest BCUT2D eigenvalue weighted by atomic mass is 10.1. The van der Waals surface area contributed by atoms with Crippen molar-refractivity contribution >= 4 is 27.0 Å². The zero-order valence-corrected chi connectivity index (χ0v) is 18.5. The van der Waals surface area contributed by atoms with Crippen molar-refractivity contribution in [2.24, 2.45) is 0 Å². The highest BCUT2D eigenvalue weighted by Gasteiger charge is 2.27. The molecule has 10 heteroatoms. The topological polar surface area (TPSA) is 111 Å². The molecule has 170 valence electrons. The van der Waals surface area contributed by atoms with Crippen molar-refractivity contribution in [3.63, 3.8) is 0 Å². The lowest BCUT2D eigenvalue weighted by Gasteiger charge is -2.26. The molecule has 2 heterocycles. The Morgan fingerprint density at radius 3 is 2.53 bits per heavy atom. The van der Waals surface area contributed by atoms with Crippen LogP contribution < -0.4 is 0 Å². The number of aromatic nitrogens is 2. The molecule has 2 aromatic carbocycles. The minimum Gasteiger partial charge on any atom is -0.454 e. The number of hydrogen-bond acceptors (Lipinski definition) is 7. The Hall–Kier alpha value is -2.79. The fourth-order valence-corrected chi connectivity index (χ4v) is 5.11. The predicted octanol–water partition coefficient (Wildman–Crippen LogP) is 1.93. The van der Waals surface area contributed by atoms with Crippen LogP contribution in [-0.4, -0.2) is 59.7 Å². The number of carbonyl (C=O) groups is 1. The van der Waals surface area contributed by atoms with Gasteiger partial charge in [-0.2, -0.15) is 4.31 Å². The summed E-state index contributed by atoms with van der Waals surface area (Å²) >= 11 is 0. The summed E-state index contributed by atoms with van der Waals surface area (Å²) in [6.07, 6.45) is 0. The number of morpholine rings is 1. The summed E-state index contributed by atoms with van der Waals surface area (Å²) in [5.41, 5.74) is 2.38. The molecule has 0 unspecified atom stereocenters. The summed E-state index contributed by atoms with van der Waals surface area (Å²) in [6, 6.07) is 11.4. The van der Waals surface area contributed by atoms with Crippen LogP contribution in [0.1, 0.15) is 28.7 Å². The number of benzene rings is 2. The van der Waals surface area contributed by atoms with Crippen LogP contribution in [0.15, 0.2) is 47.4 Å². The quantitative estimate of drug-likeness (QED) is 0.538. The molecule has 0 amide bonds. The van der Waals surface area contributed by atoms with E-state index in [9.17, 15) is 13.2 Å². The lowest BCUT2D eigenvalue weighted by Crippen LogP contribution is -2.40. The Morgan fingerprint density at radius 1 is 1.16 bits per heavy atom. The molecule has 0 spiro atoms. The van der Waals surface area contributed by atoms with E-state index in [0.29, 0.717) is 55.3 Å². The zero-order valence-electron chi connectivity index (χ0n) is 17.7. The third kappa shape index (κ3) is 4.40. The van der Waals surface area contributed by atoms with Gasteiger partial charge in [-0.15, -0.1) is 0 Å². The Labute approximate surface area is 186 Å². The minimum absolute atomic E-state index is 0.0470. The van der Waals surface area contributed by atoms with Gasteiger partial charge in [-0.3, -0.25) is 0 Å². The van der Waals surface area contributed by atoms with E-state index in [0.717, 1.165) is 5.52 Å². The molecular formula is C22H25N3O6S. The normalized spacial score (nSPS) is 15.2. The number of fused-ring (bicyclic) bond motifs is 1. The molecule has 4 rings (SSSR count). The van der Waals surface area contributed by atoms with Crippen LogP contribution in [0.5, 0.6) is 0 Å². The zero-order chi connectivity index (χ0) is 22.7. The van der Waals surface area contributed by atoms with Gasteiger partial charge in [0.1, 0.15) is 12.4 Å². The average molecular weight is 460 g/mol. The van der Waals surface area contributed by atoms with Crippen LogP contribution in [0, 0.1) is 0 Å². The molecule has 0 bridgehead atoms. The second-order valence-electron chi connectivity index (χ2n) is 7.37. The molecule has 1 fully saturated rings. The van der Waals surface area contributed by atoms with Gasteiger partial charge in [0.25, 0.3) is 0 Å². The van der Waals surface area contributed by atoms with E-state index in [1.54, 1.807) is 42.5 Å². The van der Waals surface area contributed by atoms with Gasteiger partial charge in [0, 0.05) is 19.6 Å². The molecule has 0 radical (unpaired) electrons. The highest BCUT2D eigenvalue weighted by atomic mass is 32.2. The number of aliphatic hydroxyl groups excluding tert-OH is 1. The number of carbonyl (C=O) groups excluding carboxylic acids is 1. The third-order valence-corrected chi connectivity index (χ3v) is 7.32. The molecule has 3 aromatic rings. The van der Waals surface area contributed by atoms with Crippen molar-refractivity contribution in [3.8, 4) is 0 Å². The van der Waals surface area contributed by atoms with Crippen LogP contribution in [0.2, 0.25) is 0 Å². The second kappa shape index (κ2) is 9.37. The Bertz CT molecular complexity index is 1210. The Balaban J connectivity index is 1.56. The van der Waals surface area contributed by atoms with E-state index in [2.05, 4.69) is 4.98 Å². The fraction of sp³-hybridized carbons (Fsp3) is 0.364. The van der Waals surface area contributed by atoms with E-state index in [-0.39, 0.29) is 18.1 Å². The highest BCUT2D eigenvalue weighted by molar-refractivity contribution is 7.89. The summed E-state index contributed by atoms with van der Waals surface area (Å²) in [5.74, 6) is 0.0310. The number of aryl methyl sites for hydroxylation is 1. The summed E-state index contributed by atoms with van der Waals surface area (Å²) in [4.78, 5) is 17.1. The van der Waals surface area contributed by atoms with Crippen LogP contribution in [0.25, 0.3) is 11.0 Å². The Morgan fingerprint density at radius 2 is 1.88 bits per heavy atom. The molecule has 1 aromatic heterocycles. The Kier molecular flexibility index (Phi) is 6.56. The van der Waals surface area contributed by atoms with E-state index >= 15 is 0 Å². The van der Waals surface area contributed by atoms with E-state index < -0.39 is 16.0 Å². The van der Waals surface area contributed by atoms with Crippen molar-refractivity contribution in [2.75, 3.05) is 26.3 Å². The molecular weight excluding hydrogens is 434 g/mol. The van der Waals surface area contributed by atoms with Crippen LogP contribution in [-0.2, 0) is 39.3 Å². The molecule has 0 aliphatic carbocycles. The van der Waals surface area contributed by atoms with Gasteiger partial charge >= 0.3 is 5.97 Å². The molecule has 32 heavy (non-hydrogen) atoms. The fourth-order valence-electron chi connectivity index (χ4n) is 3.68. The number of ether oxygens (including phenoxy) is 2. The van der Waals surface area contributed by atoms with Crippen molar-refractivity contribution in [3.05, 3.63) is 59.4 Å². The minimum atomic E-state index is -3.63. The smallest absolute Gasteiger partial charge is 0.338 e. The first kappa shape index (κ1) is 22.4. The van der Waals surface area contributed by atoms with Gasteiger partial charge in [0.2, 0.25) is 10.0 Å². The van der Waals surface area contributed by atoms with Crippen molar-refractivity contribution in [1.82, 2.24) is 13.9 Å². The van der Waals surface area contributed by atoms with Crippen LogP contribution >= 0.6 is 0 Å². The number of hydrogen-bond donors (Lipinski definition) is 1. The van der Waals surface area contributed by atoms with Gasteiger partial charge < -0.3 is 19.1 Å². The molecule has 0 saturated carbocycles. The number of rotatable bonds is 7. The molecule has 1 saturated heterocycles. The number of aliphatic hydroxyl groups is 1. The highest BCUT2D eigenvalue weighted by Crippen LogP contribution is 2.24. The summed E-state index contributed by atoms with van der Waals surface area (Å²) in [7, 11) is -3.63. The monoisotopic (exact) mass is 459 g/mol. The third-order valence-electron chi connectivity index (χ3n) is 5.43. The first-order valence-electron chi connectivity index (χ1n) is 10.4. The van der Waals surface area contributed by atoms with E-state index in [4.69, 9.17) is 14.6 Å². The summed E-state index contributed by atoms with van der Waals surface area (Å²) in [5, 5.41) is 9.12. The predicted molar refractivity (Wildman–Crippen MR) is 116 cm³/mol. The van der Waals surface area contributed by atoms with Crippen molar-refractivity contribution in [1.29, 1.82) is 0 Å². The van der Waals surface area contributed by atoms with Crippen molar-refractivity contribution in [2.45, 2.75) is 31.6 Å². The lowest BCUT2D eigenvalue weighted by molar-refractivity contribution is 0.0458. The van der Waals surface area contributed by atoms with E-state index in [1.165, 1.54) is 4.31 Å². The molecule has 1 aliphatic rings. The van der Waals surface area contributed by atoms with Gasteiger partial charge in [0.15, 0.2) is 0 Å². The average Bonchev–Trinajstić information content (AvgIpc) is 3.19. The van der Waals surface area contributed by atoms with E-state index in [1.807, 2.05) is 11.5 Å².